The molecule has 0 aliphatic rings. The summed E-state index contributed by atoms with van der Waals surface area (Å²) < 4.78 is 13.7. The molecule has 3 heterocycles. The minimum atomic E-state index is 0.692. The van der Waals surface area contributed by atoms with Crippen LogP contribution < -0.4 is 14.8 Å². The number of hydrogen-bond donors (Lipinski definition) is 1. The first kappa shape index (κ1) is 20.2. The first-order valence-electron chi connectivity index (χ1n) is 9.52. The lowest BCUT2D eigenvalue weighted by molar-refractivity contribution is 0.354. The molecule has 30 heavy (non-hydrogen) atoms. The molecule has 0 aliphatic carbocycles. The second kappa shape index (κ2) is 9.13. The Bertz CT molecular complexity index is 1160. The molecule has 4 aromatic rings. The number of nitrogens with one attached hydrogen (secondary N) is 1. The smallest absolute Gasteiger partial charge is 0.160 e. The Hall–Kier alpha value is -3.13. The van der Waals surface area contributed by atoms with E-state index in [1.165, 1.54) is 0 Å². The zero-order valence-corrected chi connectivity index (χ0v) is 18.4. The number of aromatic nitrogens is 4. The summed E-state index contributed by atoms with van der Waals surface area (Å²) in [5, 5.41) is 4.43. The van der Waals surface area contributed by atoms with Crippen LogP contribution in [0.5, 0.6) is 11.5 Å². The van der Waals surface area contributed by atoms with Gasteiger partial charge in [0.2, 0.25) is 0 Å². The summed E-state index contributed by atoms with van der Waals surface area (Å²) in [4.78, 5) is 13.1. The van der Waals surface area contributed by atoms with Crippen LogP contribution in [-0.2, 0) is 13.0 Å². The van der Waals surface area contributed by atoms with Crippen molar-refractivity contribution in [2.24, 2.45) is 0 Å². The van der Waals surface area contributed by atoms with Crippen molar-refractivity contribution in [3.63, 3.8) is 0 Å². The van der Waals surface area contributed by atoms with E-state index in [0.29, 0.717) is 6.54 Å². The Balaban J connectivity index is 1.47. The van der Waals surface area contributed by atoms with Crippen LogP contribution >= 0.6 is 15.9 Å². The quantitative estimate of drug-likeness (QED) is 0.416. The summed E-state index contributed by atoms with van der Waals surface area (Å²) in [6, 6.07) is 10.1. The summed E-state index contributed by atoms with van der Waals surface area (Å²) in [5.41, 5.74) is 3.15. The van der Waals surface area contributed by atoms with Crippen molar-refractivity contribution in [2.75, 3.05) is 26.1 Å². The summed E-state index contributed by atoms with van der Waals surface area (Å²) in [6.45, 7) is 1.43. The van der Waals surface area contributed by atoms with Gasteiger partial charge in [-0.05, 0) is 57.7 Å². The molecular formula is C22H22BrN5O2. The summed E-state index contributed by atoms with van der Waals surface area (Å²) in [7, 11) is 3.28. The van der Waals surface area contributed by atoms with E-state index < -0.39 is 0 Å². The lowest BCUT2D eigenvalue weighted by atomic mass is 10.1. The van der Waals surface area contributed by atoms with Crippen molar-refractivity contribution < 1.29 is 9.47 Å². The van der Waals surface area contributed by atoms with Gasteiger partial charge in [-0.3, -0.25) is 4.98 Å². The molecule has 1 aromatic carbocycles. The summed E-state index contributed by atoms with van der Waals surface area (Å²) in [6.07, 6.45) is 8.09. The van der Waals surface area contributed by atoms with Gasteiger partial charge >= 0.3 is 0 Å². The summed E-state index contributed by atoms with van der Waals surface area (Å²) in [5.74, 6) is 2.29. The Kier molecular flexibility index (Phi) is 6.13. The van der Waals surface area contributed by atoms with Crippen molar-refractivity contribution in [3.05, 3.63) is 70.8 Å². The maximum absolute atomic E-state index is 5.38. The largest absolute Gasteiger partial charge is 0.493 e. The second-order valence-electron chi connectivity index (χ2n) is 6.78. The molecular weight excluding hydrogens is 446 g/mol. The molecule has 0 bridgehead atoms. The lowest BCUT2D eigenvalue weighted by Gasteiger charge is -2.11. The number of nitrogens with zero attached hydrogens (tertiary/aromatic N) is 4. The predicted molar refractivity (Wildman–Crippen MR) is 120 cm³/mol. The van der Waals surface area contributed by atoms with Crippen LogP contribution in [0.2, 0.25) is 0 Å². The molecule has 0 atom stereocenters. The minimum absolute atomic E-state index is 0.692. The van der Waals surface area contributed by atoms with E-state index in [1.807, 2.05) is 36.7 Å². The molecule has 0 spiro atoms. The van der Waals surface area contributed by atoms with Gasteiger partial charge in [0.15, 0.2) is 11.5 Å². The Morgan fingerprint density at radius 2 is 1.87 bits per heavy atom. The predicted octanol–water partition coefficient (Wildman–Crippen LogP) is 4.31. The molecule has 0 saturated heterocycles. The van der Waals surface area contributed by atoms with E-state index in [-0.39, 0.29) is 0 Å². The van der Waals surface area contributed by atoms with Crippen molar-refractivity contribution in [2.45, 2.75) is 13.0 Å². The van der Waals surface area contributed by atoms with Crippen molar-refractivity contribution in [3.8, 4) is 11.5 Å². The molecule has 0 fully saturated rings. The average Bonchev–Trinajstić information content (AvgIpc) is 3.17. The van der Waals surface area contributed by atoms with Gasteiger partial charge in [0.25, 0.3) is 0 Å². The highest BCUT2D eigenvalue weighted by Gasteiger charge is 2.10. The summed E-state index contributed by atoms with van der Waals surface area (Å²) >= 11 is 3.47. The van der Waals surface area contributed by atoms with Crippen LogP contribution in [0.4, 0.5) is 5.82 Å². The number of pyridine rings is 1. The third-order valence-electron chi connectivity index (χ3n) is 4.82. The Morgan fingerprint density at radius 3 is 2.67 bits per heavy atom. The van der Waals surface area contributed by atoms with Gasteiger partial charge in [0.05, 0.1) is 26.2 Å². The molecule has 0 aliphatic heterocycles. The Labute approximate surface area is 183 Å². The topological polar surface area (TPSA) is 74.1 Å². The van der Waals surface area contributed by atoms with E-state index in [4.69, 9.17) is 9.47 Å². The molecule has 0 radical (unpaired) electrons. The number of benzene rings is 1. The van der Waals surface area contributed by atoms with E-state index in [9.17, 15) is 0 Å². The van der Waals surface area contributed by atoms with E-state index >= 15 is 0 Å². The van der Waals surface area contributed by atoms with Gasteiger partial charge in [-0.1, -0.05) is 6.07 Å². The standard InChI is InChI=1S/C22H22BrN5O2/c1-29-19-4-3-15(10-20(19)30-2)5-7-25-21-18-6-8-28(22(18)27-14-26-21)13-16-9-17(23)12-24-11-16/h3-4,6,8-12,14H,5,7,13H2,1-2H3,(H,25,26,27). The van der Waals surface area contributed by atoms with Crippen LogP contribution in [-0.4, -0.2) is 40.3 Å². The van der Waals surface area contributed by atoms with E-state index in [2.05, 4.69) is 46.8 Å². The van der Waals surface area contributed by atoms with Crippen molar-refractivity contribution in [1.82, 2.24) is 19.5 Å². The number of fused-ring (bicyclic) bond motifs is 1. The highest BCUT2D eigenvalue weighted by atomic mass is 79.9. The fraction of sp³-hybridized carbons (Fsp3) is 0.227. The van der Waals surface area contributed by atoms with Gasteiger partial charge in [0, 0.05) is 29.6 Å². The monoisotopic (exact) mass is 467 g/mol. The first-order valence-corrected chi connectivity index (χ1v) is 10.3. The van der Waals surface area contributed by atoms with Crippen LogP contribution in [0.1, 0.15) is 11.1 Å². The van der Waals surface area contributed by atoms with Crippen LogP contribution in [0, 0.1) is 0 Å². The molecule has 0 unspecified atom stereocenters. The minimum Gasteiger partial charge on any atom is -0.493 e. The maximum atomic E-state index is 5.38. The van der Waals surface area contributed by atoms with Gasteiger partial charge in [-0.2, -0.15) is 0 Å². The molecule has 4 rings (SSSR count). The Morgan fingerprint density at radius 1 is 1.00 bits per heavy atom. The highest BCUT2D eigenvalue weighted by Crippen LogP contribution is 2.28. The SMILES string of the molecule is COc1ccc(CCNc2ncnc3c2ccn3Cc2cncc(Br)c2)cc1OC. The van der Waals surface area contributed by atoms with Gasteiger partial charge in [0.1, 0.15) is 17.8 Å². The second-order valence-corrected chi connectivity index (χ2v) is 7.70. The van der Waals surface area contributed by atoms with Crippen molar-refractivity contribution in [1.29, 1.82) is 0 Å². The van der Waals surface area contributed by atoms with Crippen LogP contribution in [0.3, 0.4) is 0 Å². The fourth-order valence-electron chi connectivity index (χ4n) is 3.37. The number of methoxy groups -OCH3 is 2. The molecule has 7 nitrogen and oxygen atoms in total. The maximum Gasteiger partial charge on any atom is 0.160 e. The molecule has 8 heteroatoms. The highest BCUT2D eigenvalue weighted by molar-refractivity contribution is 9.10. The third-order valence-corrected chi connectivity index (χ3v) is 5.26. The molecule has 154 valence electrons. The average molecular weight is 468 g/mol. The molecule has 0 amide bonds. The zero-order valence-electron chi connectivity index (χ0n) is 16.8. The van der Waals surface area contributed by atoms with E-state index in [0.717, 1.165) is 56.9 Å². The fourth-order valence-corrected chi connectivity index (χ4v) is 3.78. The number of anilines is 1. The first-order chi connectivity index (χ1) is 14.7. The number of ether oxygens (including phenoxy) is 2. The number of hydrogen-bond acceptors (Lipinski definition) is 6. The van der Waals surface area contributed by atoms with Gasteiger partial charge in [-0.15, -0.1) is 0 Å². The van der Waals surface area contributed by atoms with Crippen LogP contribution in [0.25, 0.3) is 11.0 Å². The van der Waals surface area contributed by atoms with Gasteiger partial charge in [-0.25, -0.2) is 9.97 Å². The third kappa shape index (κ3) is 4.38. The van der Waals surface area contributed by atoms with E-state index in [1.54, 1.807) is 26.7 Å². The molecule has 3 aromatic heterocycles. The van der Waals surface area contributed by atoms with Gasteiger partial charge < -0.3 is 19.4 Å². The van der Waals surface area contributed by atoms with Crippen LogP contribution in [0.15, 0.2) is 59.7 Å². The normalized spacial score (nSPS) is 10.9. The number of rotatable bonds is 8. The van der Waals surface area contributed by atoms with Crippen molar-refractivity contribution >= 4 is 32.8 Å². The zero-order chi connectivity index (χ0) is 20.9. The molecule has 1 N–H and O–H groups in total. The lowest BCUT2D eigenvalue weighted by Crippen LogP contribution is -2.07. The number of halogens is 1. The molecule has 0 saturated carbocycles.